The van der Waals surface area contributed by atoms with Gasteiger partial charge < -0.3 is 20.3 Å². The lowest BCUT2D eigenvalue weighted by molar-refractivity contribution is -0.143. The summed E-state index contributed by atoms with van der Waals surface area (Å²) in [7, 11) is 0. The molecule has 2 unspecified atom stereocenters. The van der Waals surface area contributed by atoms with E-state index in [0.717, 1.165) is 44.9 Å². The monoisotopic (exact) mass is 1270 g/mol. The van der Waals surface area contributed by atoms with Crippen molar-refractivity contribution in [1.82, 2.24) is 5.32 Å². The van der Waals surface area contributed by atoms with Crippen molar-refractivity contribution in [3.8, 4) is 0 Å². The van der Waals surface area contributed by atoms with Crippen LogP contribution in [0.5, 0.6) is 0 Å². The fourth-order valence-corrected chi connectivity index (χ4v) is 13.4. The van der Waals surface area contributed by atoms with E-state index in [9.17, 15) is 19.8 Å². The van der Waals surface area contributed by atoms with Gasteiger partial charge in [0.25, 0.3) is 0 Å². The van der Waals surface area contributed by atoms with Crippen molar-refractivity contribution in [2.24, 2.45) is 0 Å². The van der Waals surface area contributed by atoms with Crippen LogP contribution >= 0.6 is 0 Å². The van der Waals surface area contributed by atoms with Gasteiger partial charge in [0.05, 0.1) is 25.4 Å². The smallest absolute Gasteiger partial charge is 0.305 e. The molecule has 6 nitrogen and oxygen atoms in total. The van der Waals surface area contributed by atoms with Crippen LogP contribution < -0.4 is 5.32 Å². The lowest BCUT2D eigenvalue weighted by atomic mass is 10.0. The summed E-state index contributed by atoms with van der Waals surface area (Å²) in [5, 5.41) is 23.5. The second-order valence-corrected chi connectivity index (χ2v) is 28.8. The minimum atomic E-state index is -0.664. The molecule has 534 valence electrons. The number of hydrogen-bond acceptors (Lipinski definition) is 5. The molecular formula is C84H163NO5. The standard InChI is InChI=1S/C84H163NO5/c1-3-5-7-9-11-13-15-17-19-20-21-22-23-33-36-39-42-45-49-52-56-60-64-68-72-76-82(87)81(80-86)85-83(88)77-73-69-65-61-57-53-50-46-43-40-37-34-31-29-27-25-24-26-28-30-32-35-38-41-44-47-51-55-59-63-67-71-75-79-90-84(89)78-74-70-66-62-58-54-48-18-16-14-12-10-8-6-4-2/h18,28,30,48,81-82,86-87H,3-17,19-27,29,31-47,49-80H2,1-2H3,(H,85,88)/b30-28-,48-18-. The maximum absolute atomic E-state index is 12.6. The number of nitrogens with one attached hydrogen (secondary N) is 1. The summed E-state index contributed by atoms with van der Waals surface area (Å²) in [6.07, 6.45) is 103. The van der Waals surface area contributed by atoms with Gasteiger partial charge >= 0.3 is 5.97 Å². The summed E-state index contributed by atoms with van der Waals surface area (Å²) in [6, 6.07) is -0.541. The molecule has 0 rings (SSSR count). The average Bonchev–Trinajstić information content (AvgIpc) is 3.61. The number of rotatable bonds is 79. The van der Waals surface area contributed by atoms with E-state index in [4.69, 9.17) is 4.74 Å². The molecule has 0 spiro atoms. The van der Waals surface area contributed by atoms with Crippen molar-refractivity contribution in [1.29, 1.82) is 0 Å². The Labute approximate surface area is 564 Å². The first-order chi connectivity index (χ1) is 44.5. The molecule has 0 aromatic rings. The Balaban J connectivity index is 3.35. The molecule has 0 aliphatic carbocycles. The Morgan fingerprint density at radius 2 is 0.522 bits per heavy atom. The zero-order chi connectivity index (χ0) is 64.9. The predicted molar refractivity (Wildman–Crippen MR) is 398 cm³/mol. The number of aliphatic hydroxyl groups excluding tert-OH is 2. The Morgan fingerprint density at radius 1 is 0.300 bits per heavy atom. The maximum atomic E-state index is 12.6. The highest BCUT2D eigenvalue weighted by molar-refractivity contribution is 5.76. The minimum Gasteiger partial charge on any atom is -0.466 e. The summed E-state index contributed by atoms with van der Waals surface area (Å²) in [6.45, 7) is 5.00. The molecular weight excluding hydrogens is 1100 g/mol. The highest BCUT2D eigenvalue weighted by atomic mass is 16.5. The average molecular weight is 1270 g/mol. The summed E-state index contributed by atoms with van der Waals surface area (Å²) in [5.41, 5.74) is 0. The molecule has 0 aliphatic rings. The third-order valence-electron chi connectivity index (χ3n) is 19.7. The molecule has 90 heavy (non-hydrogen) atoms. The number of allylic oxidation sites excluding steroid dienone is 4. The van der Waals surface area contributed by atoms with Crippen LogP contribution in [0.25, 0.3) is 0 Å². The van der Waals surface area contributed by atoms with E-state index in [1.165, 1.54) is 398 Å². The van der Waals surface area contributed by atoms with Gasteiger partial charge in [0, 0.05) is 12.8 Å². The summed E-state index contributed by atoms with van der Waals surface area (Å²) < 4.78 is 5.50. The zero-order valence-electron chi connectivity index (χ0n) is 61.4. The van der Waals surface area contributed by atoms with Gasteiger partial charge in [-0.05, 0) is 77.0 Å². The highest BCUT2D eigenvalue weighted by Gasteiger charge is 2.20. The molecule has 0 saturated carbocycles. The Bertz CT molecular complexity index is 1410. The van der Waals surface area contributed by atoms with Crippen LogP contribution in [0.2, 0.25) is 0 Å². The van der Waals surface area contributed by atoms with Gasteiger partial charge in [-0.15, -0.1) is 0 Å². The van der Waals surface area contributed by atoms with Crippen LogP contribution in [0.1, 0.15) is 476 Å². The number of carbonyl (C=O) groups excluding carboxylic acids is 2. The van der Waals surface area contributed by atoms with E-state index in [2.05, 4.69) is 43.5 Å². The SMILES string of the molecule is CCCCCCCC/C=C\CCCCCCCC(=O)OCCCCCCCCCCCCCC/C=C\CCCCCCCCCCCCCCCCCCCC(=O)NC(CO)C(O)CCCCCCCCCCCCCCCCCCCCCCCCCCC. The summed E-state index contributed by atoms with van der Waals surface area (Å²) in [5.74, 6) is -0.0138. The molecule has 0 saturated heterocycles. The first kappa shape index (κ1) is 88.3. The highest BCUT2D eigenvalue weighted by Crippen LogP contribution is 2.20. The second-order valence-electron chi connectivity index (χ2n) is 28.8. The Kier molecular flexibility index (Phi) is 78.3. The van der Waals surface area contributed by atoms with Crippen LogP contribution in [0, 0.1) is 0 Å². The fraction of sp³-hybridized carbons (Fsp3) is 0.929. The Hall–Kier alpha value is -1.66. The van der Waals surface area contributed by atoms with E-state index < -0.39 is 12.1 Å². The number of unbranched alkanes of at least 4 members (excludes halogenated alkanes) is 64. The molecule has 1 amide bonds. The zero-order valence-corrected chi connectivity index (χ0v) is 61.4. The van der Waals surface area contributed by atoms with E-state index in [0.29, 0.717) is 25.9 Å². The third-order valence-corrected chi connectivity index (χ3v) is 19.7. The van der Waals surface area contributed by atoms with Gasteiger partial charge in [0.15, 0.2) is 0 Å². The van der Waals surface area contributed by atoms with Crippen LogP contribution in [-0.4, -0.2) is 47.4 Å². The number of amides is 1. The fourth-order valence-electron chi connectivity index (χ4n) is 13.4. The van der Waals surface area contributed by atoms with Crippen molar-refractivity contribution < 1.29 is 24.5 Å². The molecule has 0 aromatic carbocycles. The number of aliphatic hydroxyl groups is 2. The van der Waals surface area contributed by atoms with Crippen molar-refractivity contribution in [2.45, 2.75) is 488 Å². The van der Waals surface area contributed by atoms with Crippen molar-refractivity contribution in [3.05, 3.63) is 24.3 Å². The molecule has 0 aliphatic heterocycles. The number of hydrogen-bond donors (Lipinski definition) is 3. The first-order valence-electron chi connectivity index (χ1n) is 41.6. The molecule has 3 N–H and O–H groups in total. The molecule has 6 heteroatoms. The van der Waals surface area contributed by atoms with Crippen molar-refractivity contribution in [3.63, 3.8) is 0 Å². The van der Waals surface area contributed by atoms with Gasteiger partial charge in [0.1, 0.15) is 0 Å². The van der Waals surface area contributed by atoms with E-state index in [1.807, 2.05) is 0 Å². The van der Waals surface area contributed by atoms with E-state index in [-0.39, 0.29) is 18.5 Å². The van der Waals surface area contributed by atoms with Crippen LogP contribution in [0.3, 0.4) is 0 Å². The number of esters is 1. The molecule has 0 heterocycles. The second kappa shape index (κ2) is 79.8. The first-order valence-corrected chi connectivity index (χ1v) is 41.6. The normalized spacial score (nSPS) is 12.5. The van der Waals surface area contributed by atoms with Gasteiger partial charge in [-0.1, -0.05) is 411 Å². The van der Waals surface area contributed by atoms with Crippen LogP contribution in [0.4, 0.5) is 0 Å². The van der Waals surface area contributed by atoms with E-state index in [1.54, 1.807) is 0 Å². The number of ether oxygens (including phenoxy) is 1. The largest absolute Gasteiger partial charge is 0.466 e. The van der Waals surface area contributed by atoms with Gasteiger partial charge in [0.2, 0.25) is 5.91 Å². The number of carbonyl (C=O) groups is 2. The van der Waals surface area contributed by atoms with Crippen molar-refractivity contribution in [2.75, 3.05) is 13.2 Å². The topological polar surface area (TPSA) is 95.9 Å². The predicted octanol–water partition coefficient (Wildman–Crippen LogP) is 27.6. The quantitative estimate of drug-likeness (QED) is 0.0320. The summed E-state index contributed by atoms with van der Waals surface area (Å²) >= 11 is 0. The molecule has 0 fully saturated rings. The molecule has 2 atom stereocenters. The van der Waals surface area contributed by atoms with E-state index >= 15 is 0 Å². The van der Waals surface area contributed by atoms with Crippen LogP contribution in [-0.2, 0) is 14.3 Å². The van der Waals surface area contributed by atoms with Gasteiger partial charge in [-0.25, -0.2) is 0 Å². The van der Waals surface area contributed by atoms with Crippen LogP contribution in [0.15, 0.2) is 24.3 Å². The Morgan fingerprint density at radius 3 is 0.789 bits per heavy atom. The lowest BCUT2D eigenvalue weighted by Gasteiger charge is -2.22. The summed E-state index contributed by atoms with van der Waals surface area (Å²) in [4.78, 5) is 24.7. The van der Waals surface area contributed by atoms with Gasteiger partial charge in [-0.2, -0.15) is 0 Å². The minimum absolute atomic E-state index is 0.0119. The lowest BCUT2D eigenvalue weighted by Crippen LogP contribution is -2.45. The molecule has 0 radical (unpaired) electrons. The third kappa shape index (κ3) is 75.4. The maximum Gasteiger partial charge on any atom is 0.305 e. The van der Waals surface area contributed by atoms with Crippen molar-refractivity contribution >= 4 is 11.9 Å². The molecule has 0 aromatic heterocycles. The molecule has 0 bridgehead atoms. The van der Waals surface area contributed by atoms with Gasteiger partial charge in [-0.3, -0.25) is 9.59 Å².